The summed E-state index contributed by atoms with van der Waals surface area (Å²) in [7, 11) is 0. The molecular weight excluding hydrogens is 323 g/mol. The van der Waals surface area contributed by atoms with Crippen LogP contribution in [0.1, 0.15) is 15.9 Å². The van der Waals surface area contributed by atoms with Crippen molar-refractivity contribution in [2.45, 2.75) is 6.42 Å². The Balaban J connectivity index is 2.09. The minimum atomic E-state index is -0.367. The minimum Gasteiger partial charge on any atom is -0.330 e. The predicted molar refractivity (Wildman–Crippen MR) is 81.3 cm³/mol. The van der Waals surface area contributed by atoms with Crippen LogP contribution in [0.4, 0.5) is 10.1 Å². The summed E-state index contributed by atoms with van der Waals surface area (Å²) < 4.78 is 13.4. The number of nitrogens with one attached hydrogen (secondary N) is 1. The van der Waals surface area contributed by atoms with Gasteiger partial charge in [0.05, 0.1) is 4.47 Å². The van der Waals surface area contributed by atoms with E-state index in [9.17, 15) is 9.18 Å². The Morgan fingerprint density at radius 2 is 1.90 bits per heavy atom. The Morgan fingerprint density at radius 3 is 2.50 bits per heavy atom. The van der Waals surface area contributed by atoms with Crippen LogP contribution < -0.4 is 11.1 Å². The third kappa shape index (κ3) is 3.65. The van der Waals surface area contributed by atoms with E-state index < -0.39 is 0 Å². The van der Waals surface area contributed by atoms with Gasteiger partial charge in [-0.1, -0.05) is 12.1 Å². The quantitative estimate of drug-likeness (QED) is 0.899. The van der Waals surface area contributed by atoms with Gasteiger partial charge in [-0.05, 0) is 64.8 Å². The zero-order valence-corrected chi connectivity index (χ0v) is 12.3. The molecule has 2 rings (SSSR count). The molecule has 3 N–H and O–H groups in total. The molecular formula is C15H14BrFN2O. The molecule has 2 aromatic rings. The molecule has 0 aliphatic rings. The number of hydrogen-bond donors (Lipinski definition) is 2. The summed E-state index contributed by atoms with van der Waals surface area (Å²) in [5, 5.41) is 2.72. The minimum absolute atomic E-state index is 0.234. The van der Waals surface area contributed by atoms with Crippen LogP contribution in [0.3, 0.4) is 0 Å². The molecule has 0 heterocycles. The molecule has 0 saturated carbocycles. The fraction of sp³-hybridized carbons (Fsp3) is 0.133. The number of carbonyl (C=O) groups excluding carboxylic acids is 1. The standard InChI is InChI=1S/C15H14BrFN2O/c16-13-9-12(5-6-14(13)17)19-15(20)11-3-1-10(2-4-11)7-8-18/h1-6,9H,7-8,18H2,(H,19,20). The first kappa shape index (κ1) is 14.7. The van der Waals surface area contributed by atoms with Crippen molar-refractivity contribution in [2.24, 2.45) is 5.73 Å². The third-order valence-corrected chi connectivity index (χ3v) is 3.43. The number of benzene rings is 2. The first-order chi connectivity index (χ1) is 9.60. The Kier molecular flexibility index (Phi) is 4.87. The summed E-state index contributed by atoms with van der Waals surface area (Å²) >= 11 is 3.08. The molecule has 0 aromatic heterocycles. The zero-order valence-electron chi connectivity index (χ0n) is 10.7. The van der Waals surface area contributed by atoms with Crippen LogP contribution >= 0.6 is 15.9 Å². The van der Waals surface area contributed by atoms with Gasteiger partial charge in [-0.15, -0.1) is 0 Å². The summed E-state index contributed by atoms with van der Waals surface area (Å²) in [5.74, 6) is -0.600. The van der Waals surface area contributed by atoms with Gasteiger partial charge >= 0.3 is 0 Å². The second-order valence-electron chi connectivity index (χ2n) is 4.32. The van der Waals surface area contributed by atoms with Gasteiger partial charge in [0.15, 0.2) is 0 Å². The van der Waals surface area contributed by atoms with Crippen LogP contribution in [-0.4, -0.2) is 12.5 Å². The van der Waals surface area contributed by atoms with E-state index in [0.717, 1.165) is 12.0 Å². The monoisotopic (exact) mass is 336 g/mol. The van der Waals surface area contributed by atoms with E-state index in [0.29, 0.717) is 22.3 Å². The first-order valence-electron chi connectivity index (χ1n) is 6.15. The number of carbonyl (C=O) groups is 1. The maximum absolute atomic E-state index is 13.1. The van der Waals surface area contributed by atoms with E-state index in [-0.39, 0.29) is 11.7 Å². The molecule has 0 aliphatic carbocycles. The van der Waals surface area contributed by atoms with E-state index in [1.165, 1.54) is 18.2 Å². The highest BCUT2D eigenvalue weighted by atomic mass is 79.9. The summed E-state index contributed by atoms with van der Waals surface area (Å²) in [6.45, 7) is 0.579. The Hall–Kier alpha value is -1.72. The summed E-state index contributed by atoms with van der Waals surface area (Å²) in [4.78, 5) is 12.0. The van der Waals surface area contributed by atoms with Crippen molar-refractivity contribution < 1.29 is 9.18 Å². The number of halogens is 2. The largest absolute Gasteiger partial charge is 0.330 e. The van der Waals surface area contributed by atoms with E-state index in [4.69, 9.17) is 5.73 Å². The van der Waals surface area contributed by atoms with Crippen molar-refractivity contribution in [1.82, 2.24) is 0 Å². The molecule has 2 aromatic carbocycles. The number of rotatable bonds is 4. The maximum Gasteiger partial charge on any atom is 0.255 e. The predicted octanol–water partition coefficient (Wildman–Crippen LogP) is 3.34. The lowest BCUT2D eigenvalue weighted by Crippen LogP contribution is -2.12. The van der Waals surface area contributed by atoms with E-state index in [1.807, 2.05) is 12.1 Å². The lowest BCUT2D eigenvalue weighted by atomic mass is 10.1. The van der Waals surface area contributed by atoms with Gasteiger partial charge in [-0.25, -0.2) is 4.39 Å². The Morgan fingerprint density at radius 1 is 1.20 bits per heavy atom. The van der Waals surface area contributed by atoms with Gasteiger partial charge in [0.1, 0.15) is 5.82 Å². The Labute approximate surface area is 125 Å². The fourth-order valence-corrected chi connectivity index (χ4v) is 2.15. The Bertz CT molecular complexity index is 614. The molecule has 0 fully saturated rings. The SMILES string of the molecule is NCCc1ccc(C(=O)Nc2ccc(F)c(Br)c2)cc1. The van der Waals surface area contributed by atoms with Gasteiger partial charge in [0.25, 0.3) is 5.91 Å². The first-order valence-corrected chi connectivity index (χ1v) is 6.95. The summed E-state index contributed by atoms with van der Waals surface area (Å²) in [6, 6.07) is 11.6. The zero-order chi connectivity index (χ0) is 14.5. The number of nitrogens with two attached hydrogens (primary N) is 1. The van der Waals surface area contributed by atoms with Crippen LogP contribution in [0, 0.1) is 5.82 Å². The van der Waals surface area contributed by atoms with E-state index >= 15 is 0 Å². The van der Waals surface area contributed by atoms with E-state index in [2.05, 4.69) is 21.2 Å². The van der Waals surface area contributed by atoms with Gasteiger partial charge < -0.3 is 11.1 Å². The molecule has 104 valence electrons. The molecule has 0 bridgehead atoms. The average Bonchev–Trinajstić information content (AvgIpc) is 2.44. The molecule has 20 heavy (non-hydrogen) atoms. The van der Waals surface area contributed by atoms with Crippen molar-refractivity contribution >= 4 is 27.5 Å². The average molecular weight is 337 g/mol. The molecule has 0 spiro atoms. The van der Waals surface area contributed by atoms with Crippen LogP contribution in [-0.2, 0) is 6.42 Å². The lowest BCUT2D eigenvalue weighted by molar-refractivity contribution is 0.102. The molecule has 3 nitrogen and oxygen atoms in total. The smallest absolute Gasteiger partial charge is 0.255 e. The molecule has 0 atom stereocenters. The van der Waals surface area contributed by atoms with Gasteiger partial charge in [-0.2, -0.15) is 0 Å². The van der Waals surface area contributed by atoms with Crippen molar-refractivity contribution in [2.75, 3.05) is 11.9 Å². The van der Waals surface area contributed by atoms with Crippen molar-refractivity contribution in [3.8, 4) is 0 Å². The molecule has 0 unspecified atom stereocenters. The number of anilines is 1. The highest BCUT2D eigenvalue weighted by Gasteiger charge is 2.07. The van der Waals surface area contributed by atoms with E-state index in [1.54, 1.807) is 12.1 Å². The van der Waals surface area contributed by atoms with Gasteiger partial charge in [0.2, 0.25) is 0 Å². The lowest BCUT2D eigenvalue weighted by Gasteiger charge is -2.07. The third-order valence-electron chi connectivity index (χ3n) is 2.83. The highest BCUT2D eigenvalue weighted by Crippen LogP contribution is 2.20. The number of hydrogen-bond acceptors (Lipinski definition) is 2. The highest BCUT2D eigenvalue weighted by molar-refractivity contribution is 9.10. The van der Waals surface area contributed by atoms with Crippen LogP contribution in [0.25, 0.3) is 0 Å². The molecule has 0 saturated heterocycles. The molecule has 5 heteroatoms. The second kappa shape index (κ2) is 6.63. The summed E-state index contributed by atoms with van der Waals surface area (Å²) in [6.07, 6.45) is 0.785. The van der Waals surface area contributed by atoms with Crippen LogP contribution in [0.5, 0.6) is 0 Å². The molecule has 1 amide bonds. The maximum atomic E-state index is 13.1. The van der Waals surface area contributed by atoms with Crippen molar-refractivity contribution in [3.63, 3.8) is 0 Å². The van der Waals surface area contributed by atoms with Crippen LogP contribution in [0.2, 0.25) is 0 Å². The topological polar surface area (TPSA) is 55.1 Å². The van der Waals surface area contributed by atoms with Crippen molar-refractivity contribution in [1.29, 1.82) is 0 Å². The molecule has 0 aliphatic heterocycles. The second-order valence-corrected chi connectivity index (χ2v) is 5.17. The van der Waals surface area contributed by atoms with Crippen molar-refractivity contribution in [3.05, 3.63) is 63.9 Å². The van der Waals surface area contributed by atoms with Gasteiger partial charge in [-0.3, -0.25) is 4.79 Å². The normalized spacial score (nSPS) is 10.3. The molecule has 0 radical (unpaired) electrons. The fourth-order valence-electron chi connectivity index (χ4n) is 1.77. The number of amides is 1. The van der Waals surface area contributed by atoms with Gasteiger partial charge in [0, 0.05) is 11.3 Å². The van der Waals surface area contributed by atoms with Crippen LogP contribution in [0.15, 0.2) is 46.9 Å². The summed E-state index contributed by atoms with van der Waals surface area (Å²) in [5.41, 5.74) is 7.65.